The van der Waals surface area contributed by atoms with Crippen molar-refractivity contribution in [3.05, 3.63) is 93.0 Å². The number of cyclic esters (lactones) is 1. The van der Waals surface area contributed by atoms with Gasteiger partial charge in [-0.2, -0.15) is 0 Å². The predicted octanol–water partition coefficient (Wildman–Crippen LogP) is 5.42. The van der Waals surface area contributed by atoms with Crippen molar-refractivity contribution in [1.29, 1.82) is 0 Å². The van der Waals surface area contributed by atoms with Gasteiger partial charge in [0, 0.05) is 33.7 Å². The molecule has 0 aromatic heterocycles. The van der Waals surface area contributed by atoms with E-state index < -0.39 is 11.8 Å². The molecule has 0 aliphatic carbocycles. The zero-order chi connectivity index (χ0) is 24.5. The number of ether oxygens (including phenoxy) is 4. The lowest BCUT2D eigenvalue weighted by Crippen LogP contribution is -2.29. The van der Waals surface area contributed by atoms with Crippen LogP contribution in [0.25, 0.3) is 5.57 Å². The van der Waals surface area contributed by atoms with E-state index in [0.29, 0.717) is 49.6 Å². The summed E-state index contributed by atoms with van der Waals surface area (Å²) >= 11 is 12.4. The van der Waals surface area contributed by atoms with Gasteiger partial charge in [0.15, 0.2) is 0 Å². The number of hydrogen-bond acceptors (Lipinski definition) is 6. The second-order valence-corrected chi connectivity index (χ2v) is 8.54. The highest BCUT2D eigenvalue weighted by Crippen LogP contribution is 2.46. The first-order valence-corrected chi connectivity index (χ1v) is 11.0. The van der Waals surface area contributed by atoms with Crippen LogP contribution in [0.4, 0.5) is 0 Å². The number of aliphatic hydroxyl groups is 1. The monoisotopic (exact) mass is 500 g/mol. The molecule has 0 bridgehead atoms. The molecule has 0 amide bonds. The third-order valence-electron chi connectivity index (χ3n) is 5.58. The summed E-state index contributed by atoms with van der Waals surface area (Å²) in [5.41, 5.74) is 2.08. The van der Waals surface area contributed by atoms with E-state index in [0.717, 1.165) is 0 Å². The second-order valence-electron chi connectivity index (χ2n) is 7.67. The minimum atomic E-state index is -2.02. The average molecular weight is 501 g/mol. The van der Waals surface area contributed by atoms with Gasteiger partial charge in [0.2, 0.25) is 0 Å². The van der Waals surface area contributed by atoms with E-state index in [2.05, 4.69) is 0 Å². The van der Waals surface area contributed by atoms with Crippen LogP contribution in [-0.2, 0) is 21.7 Å². The highest BCUT2D eigenvalue weighted by atomic mass is 35.5. The lowest BCUT2D eigenvalue weighted by atomic mass is 9.88. The average Bonchev–Trinajstić information content (AvgIpc) is 3.08. The van der Waals surface area contributed by atoms with Gasteiger partial charge in [-0.05, 0) is 65.7 Å². The first-order valence-electron chi connectivity index (χ1n) is 10.3. The van der Waals surface area contributed by atoms with Crippen LogP contribution < -0.4 is 14.2 Å². The summed E-state index contributed by atoms with van der Waals surface area (Å²) in [6.45, 7) is 0. The van der Waals surface area contributed by atoms with Gasteiger partial charge in [-0.15, -0.1) is 0 Å². The van der Waals surface area contributed by atoms with Crippen LogP contribution in [0.3, 0.4) is 0 Å². The molecule has 1 aliphatic heterocycles. The van der Waals surface area contributed by atoms with Gasteiger partial charge in [0.05, 0.1) is 26.9 Å². The fourth-order valence-corrected chi connectivity index (χ4v) is 4.53. The molecule has 0 fully saturated rings. The molecule has 8 heteroatoms. The molecule has 176 valence electrons. The highest BCUT2D eigenvalue weighted by molar-refractivity contribution is 6.34. The number of halogens is 2. The summed E-state index contributed by atoms with van der Waals surface area (Å²) in [7, 11) is 4.58. The molecule has 0 saturated heterocycles. The largest absolute Gasteiger partial charge is 0.497 e. The van der Waals surface area contributed by atoms with Crippen molar-refractivity contribution in [2.24, 2.45) is 0 Å². The van der Waals surface area contributed by atoms with E-state index in [1.807, 2.05) is 0 Å². The van der Waals surface area contributed by atoms with Crippen molar-refractivity contribution in [2.45, 2.75) is 12.2 Å². The number of carbonyl (C=O) groups excluding carboxylic acids is 1. The van der Waals surface area contributed by atoms with Gasteiger partial charge in [0.25, 0.3) is 5.79 Å². The first-order chi connectivity index (χ1) is 16.3. The summed E-state index contributed by atoms with van der Waals surface area (Å²) in [4.78, 5) is 13.2. The maximum atomic E-state index is 13.2. The van der Waals surface area contributed by atoms with E-state index >= 15 is 0 Å². The molecule has 34 heavy (non-hydrogen) atoms. The number of benzene rings is 3. The SMILES string of the molecule is COc1ccc(C2(O)OC(=O)C(c3cc(OC)cc(OC)c3)=C2Cc2cc(Cl)cc(Cl)c2)cc1. The molecule has 3 aromatic rings. The quantitative estimate of drug-likeness (QED) is 0.436. The van der Waals surface area contributed by atoms with Gasteiger partial charge in [0.1, 0.15) is 17.2 Å². The minimum absolute atomic E-state index is 0.142. The lowest BCUT2D eigenvalue weighted by Gasteiger charge is -2.26. The Bertz CT molecular complexity index is 1230. The number of rotatable bonds is 7. The van der Waals surface area contributed by atoms with Crippen molar-refractivity contribution < 1.29 is 28.8 Å². The van der Waals surface area contributed by atoms with E-state index in [9.17, 15) is 9.90 Å². The topological polar surface area (TPSA) is 74.2 Å². The van der Waals surface area contributed by atoms with Crippen molar-refractivity contribution >= 4 is 34.7 Å². The molecule has 1 atom stereocenters. The molecule has 4 rings (SSSR count). The summed E-state index contributed by atoms with van der Waals surface area (Å²) in [6.07, 6.45) is 0.142. The van der Waals surface area contributed by atoms with Gasteiger partial charge < -0.3 is 24.1 Å². The Kier molecular flexibility index (Phi) is 6.75. The number of hydrogen-bond donors (Lipinski definition) is 1. The predicted molar refractivity (Wildman–Crippen MR) is 130 cm³/mol. The molecule has 1 heterocycles. The van der Waals surface area contributed by atoms with Gasteiger partial charge in [-0.1, -0.05) is 23.2 Å². The maximum Gasteiger partial charge on any atom is 0.342 e. The fourth-order valence-electron chi connectivity index (χ4n) is 3.96. The number of carbonyl (C=O) groups is 1. The molecule has 1 aliphatic rings. The third kappa shape index (κ3) is 4.57. The number of esters is 1. The maximum absolute atomic E-state index is 13.2. The zero-order valence-electron chi connectivity index (χ0n) is 18.7. The molecular weight excluding hydrogens is 479 g/mol. The Hall–Kier alpha value is -3.19. The van der Waals surface area contributed by atoms with E-state index in [-0.39, 0.29) is 12.0 Å². The van der Waals surface area contributed by atoms with Crippen LogP contribution >= 0.6 is 23.2 Å². The standard InChI is InChI=1S/C26H22Cl2O6/c1-31-20-6-4-17(5-7-20)26(30)23(10-15-8-18(27)13-19(28)9-15)24(25(29)34-26)16-11-21(32-2)14-22(12-16)33-3/h4-9,11-14,30H,10H2,1-3H3. The molecule has 3 aromatic carbocycles. The van der Waals surface area contributed by atoms with Crippen LogP contribution in [0, 0.1) is 0 Å². The summed E-state index contributed by atoms with van der Waals surface area (Å²) < 4.78 is 21.6. The fraction of sp³-hybridized carbons (Fsp3) is 0.192. The van der Waals surface area contributed by atoms with E-state index in [4.69, 9.17) is 42.1 Å². The van der Waals surface area contributed by atoms with Crippen LogP contribution in [0.5, 0.6) is 17.2 Å². The molecule has 6 nitrogen and oxygen atoms in total. The summed E-state index contributed by atoms with van der Waals surface area (Å²) in [5.74, 6) is -1.14. The van der Waals surface area contributed by atoms with Crippen LogP contribution in [-0.4, -0.2) is 32.4 Å². The highest BCUT2D eigenvalue weighted by Gasteiger charge is 2.48. The van der Waals surface area contributed by atoms with Crippen LogP contribution in [0.15, 0.2) is 66.2 Å². The third-order valence-corrected chi connectivity index (χ3v) is 6.02. The van der Waals surface area contributed by atoms with E-state index in [1.165, 1.54) is 14.2 Å². The molecular formula is C26H22Cl2O6. The Morgan fingerprint density at radius 1 is 0.824 bits per heavy atom. The Labute approximate surface area is 207 Å². The van der Waals surface area contributed by atoms with Crippen molar-refractivity contribution in [2.75, 3.05) is 21.3 Å². The number of methoxy groups -OCH3 is 3. The molecule has 1 N–H and O–H groups in total. The van der Waals surface area contributed by atoms with Gasteiger partial charge >= 0.3 is 5.97 Å². The summed E-state index contributed by atoms with van der Waals surface area (Å²) in [6, 6.07) is 16.8. The first kappa shape index (κ1) is 24.0. The van der Waals surface area contributed by atoms with Crippen molar-refractivity contribution in [1.82, 2.24) is 0 Å². The molecule has 0 spiro atoms. The smallest absolute Gasteiger partial charge is 0.342 e. The van der Waals surface area contributed by atoms with Crippen molar-refractivity contribution in [3.63, 3.8) is 0 Å². The Morgan fingerprint density at radius 3 is 1.91 bits per heavy atom. The normalized spacial score (nSPS) is 17.5. The Morgan fingerprint density at radius 2 is 1.38 bits per heavy atom. The van der Waals surface area contributed by atoms with Gasteiger partial charge in [-0.3, -0.25) is 0 Å². The van der Waals surface area contributed by atoms with Crippen LogP contribution in [0.2, 0.25) is 10.0 Å². The second kappa shape index (κ2) is 9.58. The molecule has 0 radical (unpaired) electrons. The lowest BCUT2D eigenvalue weighted by molar-refractivity contribution is -0.185. The van der Waals surface area contributed by atoms with Gasteiger partial charge in [-0.25, -0.2) is 4.79 Å². The summed E-state index contributed by atoms with van der Waals surface area (Å²) in [5, 5.41) is 12.6. The Balaban J connectivity index is 1.94. The van der Waals surface area contributed by atoms with Crippen molar-refractivity contribution in [3.8, 4) is 17.2 Å². The zero-order valence-corrected chi connectivity index (χ0v) is 20.2. The van der Waals surface area contributed by atoms with E-state index in [1.54, 1.807) is 67.8 Å². The molecule has 1 unspecified atom stereocenters. The van der Waals surface area contributed by atoms with Crippen LogP contribution in [0.1, 0.15) is 16.7 Å². The molecule has 0 saturated carbocycles. The minimum Gasteiger partial charge on any atom is -0.497 e.